The van der Waals surface area contributed by atoms with Crippen LogP contribution in [-0.2, 0) is 0 Å². The molecule has 0 bridgehead atoms. The molecule has 0 saturated carbocycles. The molecule has 0 N–H and O–H groups in total. The first-order chi connectivity index (χ1) is 9.36. The Morgan fingerprint density at radius 3 is 2.89 bits per heavy atom. The second kappa shape index (κ2) is 6.47. The maximum atomic E-state index is 8.22. The van der Waals surface area contributed by atoms with Crippen LogP contribution in [-0.4, -0.2) is 13.7 Å². The van der Waals surface area contributed by atoms with E-state index in [-0.39, 0.29) is 0 Å². The predicted molar refractivity (Wildman–Crippen MR) is 78.2 cm³/mol. The van der Waals surface area contributed by atoms with Crippen molar-refractivity contribution in [3.63, 3.8) is 0 Å². The van der Waals surface area contributed by atoms with Gasteiger partial charge in [0, 0.05) is 17.0 Å². The van der Waals surface area contributed by atoms with Gasteiger partial charge in [0.2, 0.25) is 0 Å². The summed E-state index contributed by atoms with van der Waals surface area (Å²) in [4.78, 5) is 2.73. The lowest BCUT2D eigenvalue weighted by molar-refractivity contribution is 0.414. The Bertz CT molecular complexity index is 643. The molecular weight excluding hydrogens is 238 g/mol. The minimum Gasteiger partial charge on any atom is -0.496 e. The minimum absolute atomic E-state index is 0.472. The summed E-state index contributed by atoms with van der Waals surface area (Å²) >= 11 is 0. The van der Waals surface area contributed by atoms with Gasteiger partial charge in [0.15, 0.2) is 0 Å². The zero-order chi connectivity index (χ0) is 13.5. The van der Waals surface area contributed by atoms with Gasteiger partial charge in [-0.15, -0.1) is 0 Å². The van der Waals surface area contributed by atoms with Crippen molar-refractivity contribution in [3.8, 4) is 5.75 Å². The molecule has 96 valence electrons. The Balaban J connectivity index is 2.36. The van der Waals surface area contributed by atoms with Gasteiger partial charge >= 0.3 is 0 Å². The van der Waals surface area contributed by atoms with Crippen LogP contribution in [0.2, 0.25) is 0 Å². The molecule has 0 amide bonds. The largest absolute Gasteiger partial charge is 0.496 e. The van der Waals surface area contributed by atoms with Crippen molar-refractivity contribution in [1.82, 2.24) is 0 Å². The van der Waals surface area contributed by atoms with Crippen molar-refractivity contribution >= 4 is 16.8 Å². The number of hydrogen-bond acceptors (Lipinski definition) is 2. The van der Waals surface area contributed by atoms with E-state index >= 15 is 0 Å². The molecule has 0 saturated heterocycles. The van der Waals surface area contributed by atoms with Crippen LogP contribution in [0.4, 0.5) is 0 Å². The molecule has 4 heteroatoms. The summed E-state index contributed by atoms with van der Waals surface area (Å²) in [5.74, 6) is 0.846. The molecular formula is C15H15N3O. The molecule has 0 spiro atoms. The van der Waals surface area contributed by atoms with Crippen LogP contribution >= 0.6 is 0 Å². The Morgan fingerprint density at radius 2 is 2.11 bits per heavy atom. The fourth-order valence-corrected chi connectivity index (χ4v) is 2.00. The number of ether oxygens (including phenoxy) is 1. The first-order valence-electron chi connectivity index (χ1n) is 6.10. The Morgan fingerprint density at radius 1 is 1.26 bits per heavy atom. The monoisotopic (exact) mass is 253 g/mol. The fourth-order valence-electron chi connectivity index (χ4n) is 2.00. The lowest BCUT2D eigenvalue weighted by atomic mass is 10.0. The van der Waals surface area contributed by atoms with Gasteiger partial charge in [-0.2, -0.15) is 0 Å². The summed E-state index contributed by atoms with van der Waals surface area (Å²) in [7, 11) is 1.67. The Labute approximate surface area is 111 Å². The van der Waals surface area contributed by atoms with E-state index in [1.54, 1.807) is 7.11 Å². The summed E-state index contributed by atoms with van der Waals surface area (Å²) in [6.45, 7) is 0.472. The van der Waals surface area contributed by atoms with Crippen LogP contribution in [0, 0.1) is 0 Å². The van der Waals surface area contributed by atoms with Crippen molar-refractivity contribution < 1.29 is 4.74 Å². The molecule has 0 aliphatic rings. The summed E-state index contributed by atoms with van der Waals surface area (Å²) in [6, 6.07) is 12.2. The van der Waals surface area contributed by atoms with Gasteiger partial charge in [-0.25, -0.2) is 0 Å². The van der Waals surface area contributed by atoms with Crippen LogP contribution in [0.1, 0.15) is 12.0 Å². The van der Waals surface area contributed by atoms with Crippen molar-refractivity contribution in [2.24, 2.45) is 5.11 Å². The summed E-state index contributed by atoms with van der Waals surface area (Å²) in [5.41, 5.74) is 9.28. The molecule has 0 atom stereocenters. The van der Waals surface area contributed by atoms with Crippen LogP contribution in [0.5, 0.6) is 5.75 Å². The number of benzene rings is 2. The second-order valence-corrected chi connectivity index (χ2v) is 4.05. The molecule has 2 aromatic carbocycles. The number of nitrogens with zero attached hydrogens (tertiary/aromatic N) is 3. The lowest BCUT2D eigenvalue weighted by Gasteiger charge is -2.08. The van der Waals surface area contributed by atoms with Gasteiger partial charge in [0.25, 0.3) is 0 Å². The number of hydrogen-bond donors (Lipinski definition) is 0. The highest BCUT2D eigenvalue weighted by Crippen LogP contribution is 2.29. The number of rotatable bonds is 5. The minimum atomic E-state index is 0.472. The van der Waals surface area contributed by atoms with Gasteiger partial charge in [0.1, 0.15) is 5.75 Å². The van der Waals surface area contributed by atoms with E-state index in [0.717, 1.165) is 23.1 Å². The summed E-state index contributed by atoms with van der Waals surface area (Å²) in [5, 5.41) is 5.84. The molecule has 0 aromatic heterocycles. The summed E-state index contributed by atoms with van der Waals surface area (Å²) < 4.78 is 5.40. The Kier molecular flexibility index (Phi) is 4.43. The highest BCUT2D eigenvalue weighted by Gasteiger charge is 2.04. The first kappa shape index (κ1) is 13.0. The lowest BCUT2D eigenvalue weighted by Crippen LogP contribution is -1.88. The molecule has 0 heterocycles. The third-order valence-electron chi connectivity index (χ3n) is 2.89. The molecule has 0 radical (unpaired) electrons. The van der Waals surface area contributed by atoms with Crippen molar-refractivity contribution in [2.75, 3.05) is 13.7 Å². The van der Waals surface area contributed by atoms with Gasteiger partial charge < -0.3 is 4.74 Å². The van der Waals surface area contributed by atoms with E-state index in [1.807, 2.05) is 36.4 Å². The maximum Gasteiger partial charge on any atom is 0.126 e. The smallest absolute Gasteiger partial charge is 0.126 e. The van der Waals surface area contributed by atoms with Crippen LogP contribution in [0.15, 0.2) is 47.6 Å². The number of azide groups is 1. The molecule has 0 unspecified atom stereocenters. The maximum absolute atomic E-state index is 8.22. The van der Waals surface area contributed by atoms with E-state index in [4.69, 9.17) is 10.3 Å². The molecule has 0 fully saturated rings. The fraction of sp³-hybridized carbons (Fsp3) is 0.200. The zero-order valence-corrected chi connectivity index (χ0v) is 10.8. The van der Waals surface area contributed by atoms with E-state index in [9.17, 15) is 0 Å². The van der Waals surface area contributed by atoms with Crippen LogP contribution in [0.3, 0.4) is 0 Å². The van der Waals surface area contributed by atoms with Crippen molar-refractivity contribution in [1.29, 1.82) is 0 Å². The second-order valence-electron chi connectivity index (χ2n) is 4.05. The predicted octanol–water partition coefficient (Wildman–Crippen LogP) is 4.56. The average Bonchev–Trinajstić information content (AvgIpc) is 2.47. The molecule has 0 aliphatic heterocycles. The zero-order valence-electron chi connectivity index (χ0n) is 10.8. The van der Waals surface area contributed by atoms with Gasteiger partial charge in [-0.05, 0) is 28.8 Å². The standard InChI is InChI=1S/C15H15N3O/c1-19-15-10-9-12-6-2-3-7-13(12)14(15)8-4-5-11-17-18-16/h2-4,6-10H,5,11H2,1H3. The van der Waals surface area contributed by atoms with Crippen LogP contribution < -0.4 is 4.74 Å². The highest BCUT2D eigenvalue weighted by molar-refractivity contribution is 5.93. The summed E-state index contributed by atoms with van der Waals surface area (Å²) in [6.07, 6.45) is 4.74. The van der Waals surface area contributed by atoms with Gasteiger partial charge in [-0.3, -0.25) is 0 Å². The van der Waals surface area contributed by atoms with Crippen molar-refractivity contribution in [2.45, 2.75) is 6.42 Å². The molecule has 4 nitrogen and oxygen atoms in total. The first-order valence-corrected chi connectivity index (χ1v) is 6.10. The van der Waals surface area contributed by atoms with Crippen LogP contribution in [0.25, 0.3) is 27.3 Å². The SMILES string of the molecule is COc1ccc2ccccc2c1C=CCCN=[N+]=[N-]. The molecule has 2 rings (SSSR count). The molecule has 19 heavy (non-hydrogen) atoms. The average molecular weight is 253 g/mol. The van der Waals surface area contributed by atoms with Gasteiger partial charge in [-0.1, -0.05) is 47.6 Å². The van der Waals surface area contributed by atoms with E-state index in [0.29, 0.717) is 6.54 Å². The van der Waals surface area contributed by atoms with E-state index in [2.05, 4.69) is 22.2 Å². The quantitative estimate of drug-likeness (QED) is 0.333. The third kappa shape index (κ3) is 3.06. The molecule has 2 aromatic rings. The third-order valence-corrected chi connectivity index (χ3v) is 2.89. The number of methoxy groups -OCH3 is 1. The van der Waals surface area contributed by atoms with E-state index in [1.165, 1.54) is 5.39 Å². The molecule has 0 aliphatic carbocycles. The number of fused-ring (bicyclic) bond motifs is 1. The highest BCUT2D eigenvalue weighted by atomic mass is 16.5. The van der Waals surface area contributed by atoms with E-state index < -0.39 is 0 Å². The van der Waals surface area contributed by atoms with Gasteiger partial charge in [0.05, 0.1) is 7.11 Å². The topological polar surface area (TPSA) is 58.0 Å². The normalized spacial score (nSPS) is 10.6. The van der Waals surface area contributed by atoms with Crippen molar-refractivity contribution in [3.05, 3.63) is 58.5 Å². The Hall–Kier alpha value is -2.45.